The second kappa shape index (κ2) is 6.57. The lowest BCUT2D eigenvalue weighted by Crippen LogP contribution is -2.23. The first-order chi connectivity index (χ1) is 12.1. The van der Waals surface area contributed by atoms with Gasteiger partial charge in [0.25, 0.3) is 5.91 Å². The fourth-order valence-corrected chi connectivity index (χ4v) is 4.79. The van der Waals surface area contributed by atoms with Gasteiger partial charge in [-0.2, -0.15) is 0 Å². The van der Waals surface area contributed by atoms with Crippen molar-refractivity contribution in [3.63, 3.8) is 0 Å². The number of amides is 1. The minimum absolute atomic E-state index is 0.0741. The predicted molar refractivity (Wildman–Crippen MR) is 98.9 cm³/mol. The van der Waals surface area contributed by atoms with Gasteiger partial charge in [-0.05, 0) is 24.6 Å². The first kappa shape index (κ1) is 16.2. The van der Waals surface area contributed by atoms with E-state index in [1.807, 2.05) is 26.4 Å². The Bertz CT molecular complexity index is 886. The lowest BCUT2D eigenvalue weighted by atomic mass is 9.95. The zero-order chi connectivity index (χ0) is 17.4. The number of hydrogen-bond acceptors (Lipinski definition) is 5. The highest BCUT2D eigenvalue weighted by Gasteiger charge is 2.31. The van der Waals surface area contributed by atoms with Crippen LogP contribution in [-0.2, 0) is 6.54 Å². The first-order valence-electron chi connectivity index (χ1n) is 8.42. The van der Waals surface area contributed by atoms with Crippen LogP contribution in [-0.4, -0.2) is 57.8 Å². The minimum Gasteiger partial charge on any atom is -0.347 e. The Balaban J connectivity index is 1.66. The second-order valence-corrected chi connectivity index (χ2v) is 7.70. The molecule has 6 nitrogen and oxygen atoms in total. The summed E-state index contributed by atoms with van der Waals surface area (Å²) in [5.41, 5.74) is 2.31. The zero-order valence-corrected chi connectivity index (χ0v) is 15.2. The van der Waals surface area contributed by atoms with Crippen LogP contribution in [0.15, 0.2) is 30.9 Å². The molecule has 0 saturated carbocycles. The summed E-state index contributed by atoms with van der Waals surface area (Å²) in [7, 11) is 3.62. The Morgan fingerprint density at radius 3 is 3.12 bits per heavy atom. The fourth-order valence-electron chi connectivity index (χ4n) is 3.54. The van der Waals surface area contributed by atoms with Crippen LogP contribution in [0.3, 0.4) is 0 Å². The van der Waals surface area contributed by atoms with E-state index in [1.165, 1.54) is 16.9 Å². The molecule has 1 N–H and O–H groups in total. The largest absolute Gasteiger partial charge is 0.347 e. The van der Waals surface area contributed by atoms with Gasteiger partial charge in [-0.15, -0.1) is 11.3 Å². The molecule has 25 heavy (non-hydrogen) atoms. The molecular formula is C18H21N5OS. The van der Waals surface area contributed by atoms with Crippen molar-refractivity contribution in [2.24, 2.45) is 0 Å². The second-order valence-electron chi connectivity index (χ2n) is 6.70. The molecule has 0 aromatic carbocycles. The van der Waals surface area contributed by atoms with Crippen LogP contribution >= 0.6 is 11.3 Å². The molecular weight excluding hydrogens is 334 g/mol. The molecule has 3 aromatic rings. The number of aromatic nitrogens is 3. The number of pyridine rings is 1. The summed E-state index contributed by atoms with van der Waals surface area (Å²) < 4.78 is 0. The third-order valence-electron chi connectivity index (χ3n) is 4.73. The maximum atomic E-state index is 12.7. The van der Waals surface area contributed by atoms with Crippen LogP contribution in [0.1, 0.15) is 33.3 Å². The van der Waals surface area contributed by atoms with Crippen molar-refractivity contribution >= 4 is 27.5 Å². The van der Waals surface area contributed by atoms with Crippen molar-refractivity contribution in [3.8, 4) is 0 Å². The average molecular weight is 355 g/mol. The Labute approximate surface area is 150 Å². The number of H-pyrrole nitrogens is 1. The Morgan fingerprint density at radius 1 is 1.48 bits per heavy atom. The first-order valence-corrected chi connectivity index (χ1v) is 9.24. The Hall–Kier alpha value is -2.25. The van der Waals surface area contributed by atoms with E-state index >= 15 is 0 Å². The van der Waals surface area contributed by atoms with E-state index in [0.29, 0.717) is 5.92 Å². The van der Waals surface area contributed by atoms with Gasteiger partial charge in [-0.3, -0.25) is 9.69 Å². The van der Waals surface area contributed by atoms with Crippen molar-refractivity contribution < 1.29 is 4.79 Å². The number of likely N-dealkylation sites (tertiary alicyclic amines) is 1. The number of nitrogens with zero attached hydrogens (tertiary/aromatic N) is 4. The van der Waals surface area contributed by atoms with Gasteiger partial charge in [0.15, 0.2) is 0 Å². The molecule has 0 bridgehead atoms. The van der Waals surface area contributed by atoms with Crippen molar-refractivity contribution in [1.82, 2.24) is 24.8 Å². The molecule has 1 saturated heterocycles. The van der Waals surface area contributed by atoms with Crippen LogP contribution in [0, 0.1) is 0 Å². The van der Waals surface area contributed by atoms with E-state index in [2.05, 4.69) is 25.9 Å². The molecule has 1 aliphatic heterocycles. The number of thiophene rings is 1. The number of nitrogens with one attached hydrogen (secondary N) is 1. The number of hydrogen-bond donors (Lipinski definition) is 1. The molecule has 0 radical (unpaired) electrons. The number of imidazole rings is 1. The number of rotatable bonds is 4. The third-order valence-corrected chi connectivity index (χ3v) is 5.85. The van der Waals surface area contributed by atoms with Crippen LogP contribution in [0.2, 0.25) is 0 Å². The number of carbonyl (C=O) groups is 1. The van der Waals surface area contributed by atoms with Gasteiger partial charge in [0.05, 0.1) is 11.2 Å². The molecule has 7 heteroatoms. The molecule has 1 fully saturated rings. The molecule has 1 aliphatic rings. The molecule has 130 valence electrons. The van der Waals surface area contributed by atoms with E-state index in [0.717, 1.165) is 46.8 Å². The van der Waals surface area contributed by atoms with Gasteiger partial charge < -0.3 is 9.88 Å². The highest BCUT2D eigenvalue weighted by molar-refractivity contribution is 7.20. The molecule has 4 rings (SSSR count). The fraction of sp³-hybridized carbons (Fsp3) is 0.389. The number of carbonyl (C=O) groups excluding carboxylic acids is 1. The van der Waals surface area contributed by atoms with Crippen molar-refractivity contribution in [2.45, 2.75) is 18.9 Å². The zero-order valence-electron chi connectivity index (χ0n) is 14.4. The van der Waals surface area contributed by atoms with Gasteiger partial charge in [0.2, 0.25) is 0 Å². The average Bonchev–Trinajstić information content (AvgIpc) is 3.33. The van der Waals surface area contributed by atoms with Gasteiger partial charge in [0.1, 0.15) is 4.83 Å². The quantitative estimate of drug-likeness (QED) is 0.781. The standard InChI is InChI=1S/C18H21N5OS/c1-22(2)18(24)16-15(14-4-3-6-20-17(14)25-16)12-5-7-23(9-12)10-13-8-19-11-21-13/h3-4,6,8,11-12H,5,7,9-10H2,1-2H3,(H,19,21). The topological polar surface area (TPSA) is 65.1 Å². The third kappa shape index (κ3) is 3.05. The number of aromatic amines is 1. The lowest BCUT2D eigenvalue weighted by molar-refractivity contribution is 0.0831. The minimum atomic E-state index is 0.0741. The molecule has 1 unspecified atom stereocenters. The summed E-state index contributed by atoms with van der Waals surface area (Å²) in [4.78, 5) is 30.3. The molecule has 3 aromatic heterocycles. The molecule has 1 atom stereocenters. The van der Waals surface area contributed by atoms with E-state index in [-0.39, 0.29) is 5.91 Å². The summed E-state index contributed by atoms with van der Waals surface area (Å²) in [6, 6.07) is 4.05. The van der Waals surface area contributed by atoms with Crippen LogP contribution in [0.5, 0.6) is 0 Å². The molecule has 0 spiro atoms. The van der Waals surface area contributed by atoms with Crippen LogP contribution in [0.4, 0.5) is 0 Å². The lowest BCUT2D eigenvalue weighted by Gasteiger charge is -2.17. The number of fused-ring (bicyclic) bond motifs is 1. The smallest absolute Gasteiger partial charge is 0.263 e. The monoisotopic (exact) mass is 355 g/mol. The Morgan fingerprint density at radius 2 is 2.36 bits per heavy atom. The molecule has 0 aliphatic carbocycles. The Kier molecular flexibility index (Phi) is 4.27. The van der Waals surface area contributed by atoms with Gasteiger partial charge in [-0.25, -0.2) is 9.97 Å². The maximum absolute atomic E-state index is 12.7. The highest BCUT2D eigenvalue weighted by Crippen LogP contribution is 2.39. The van der Waals surface area contributed by atoms with Crippen LogP contribution in [0.25, 0.3) is 10.2 Å². The predicted octanol–water partition coefficient (Wildman–Crippen LogP) is 2.71. The van der Waals surface area contributed by atoms with E-state index in [1.54, 1.807) is 17.4 Å². The van der Waals surface area contributed by atoms with Crippen molar-refractivity contribution in [3.05, 3.63) is 47.0 Å². The molecule has 1 amide bonds. The van der Waals surface area contributed by atoms with Crippen molar-refractivity contribution in [1.29, 1.82) is 0 Å². The van der Waals surface area contributed by atoms with E-state index < -0.39 is 0 Å². The summed E-state index contributed by atoms with van der Waals surface area (Å²) >= 11 is 1.52. The van der Waals surface area contributed by atoms with Gasteiger partial charge >= 0.3 is 0 Å². The van der Waals surface area contributed by atoms with E-state index in [9.17, 15) is 4.79 Å². The van der Waals surface area contributed by atoms with Gasteiger partial charge in [-0.1, -0.05) is 6.07 Å². The summed E-state index contributed by atoms with van der Waals surface area (Å²) in [6.07, 6.45) is 6.45. The summed E-state index contributed by atoms with van der Waals surface area (Å²) in [5, 5.41) is 1.13. The molecule has 4 heterocycles. The SMILES string of the molecule is CN(C)C(=O)c1sc2ncccc2c1C1CCN(Cc2cnc[nH]2)C1. The summed E-state index contributed by atoms with van der Waals surface area (Å²) in [6.45, 7) is 2.85. The van der Waals surface area contributed by atoms with Crippen molar-refractivity contribution in [2.75, 3.05) is 27.2 Å². The van der Waals surface area contributed by atoms with Crippen LogP contribution < -0.4 is 0 Å². The normalized spacial score (nSPS) is 18.1. The van der Waals surface area contributed by atoms with E-state index in [4.69, 9.17) is 0 Å². The highest BCUT2D eigenvalue weighted by atomic mass is 32.1. The maximum Gasteiger partial charge on any atom is 0.263 e. The summed E-state index contributed by atoms with van der Waals surface area (Å²) in [5.74, 6) is 0.435. The van der Waals surface area contributed by atoms with Gasteiger partial charge in [0, 0.05) is 56.6 Å².